The summed E-state index contributed by atoms with van der Waals surface area (Å²) in [6.07, 6.45) is 4.51. The third kappa shape index (κ3) is 3.56. The monoisotopic (exact) mass is 371 g/mol. The van der Waals surface area contributed by atoms with Crippen LogP contribution in [0.2, 0.25) is 0 Å². The number of carbonyl (C=O) groups is 3. The van der Waals surface area contributed by atoms with Gasteiger partial charge < -0.3 is 15.4 Å². The van der Waals surface area contributed by atoms with Crippen LogP contribution >= 0.6 is 0 Å². The fraction of sp³-hybridized carbons (Fsp3) is 0.550. The van der Waals surface area contributed by atoms with Gasteiger partial charge in [0.15, 0.2) is 0 Å². The molecule has 2 aliphatic carbocycles. The highest BCUT2D eigenvalue weighted by molar-refractivity contribution is 6.09. The highest BCUT2D eigenvalue weighted by atomic mass is 16.5. The van der Waals surface area contributed by atoms with Crippen LogP contribution in [0.1, 0.15) is 36.8 Å². The second kappa shape index (κ2) is 7.31. The maximum absolute atomic E-state index is 13.0. The predicted octanol–water partition coefficient (Wildman–Crippen LogP) is 1.31. The summed E-state index contributed by atoms with van der Waals surface area (Å²) >= 11 is 0. The minimum absolute atomic E-state index is 0.252. The van der Waals surface area contributed by atoms with Crippen LogP contribution in [-0.2, 0) is 26.3 Å². The summed E-state index contributed by atoms with van der Waals surface area (Å²) in [4.78, 5) is 38.5. The molecule has 2 N–H and O–H groups in total. The molecule has 1 aromatic rings. The Bertz CT molecular complexity index is 761. The van der Waals surface area contributed by atoms with Crippen LogP contribution in [0.4, 0.5) is 4.79 Å². The number of nitrogens with zero attached hydrogens (tertiary/aromatic N) is 1. The van der Waals surface area contributed by atoms with E-state index >= 15 is 0 Å². The molecule has 3 aliphatic rings. The minimum atomic E-state index is -1.01. The Labute approximate surface area is 158 Å². The Balaban J connectivity index is 1.28. The number of carbonyl (C=O) groups excluding carboxylic acids is 3. The standard InChI is InChI=1S/C20H25N3O4/c24-17(21-10-3-11-27-13-14-6-7-14)12-23-18(25)20(22-19(23)26)9-8-15-4-1-2-5-16(15)20/h1-2,4-5,14H,3,6-13H2,(H,21,24)(H,22,26). The number of nitrogens with one attached hydrogen (secondary N) is 2. The molecule has 144 valence electrons. The molecule has 27 heavy (non-hydrogen) atoms. The number of imide groups is 1. The van der Waals surface area contributed by atoms with E-state index < -0.39 is 11.6 Å². The van der Waals surface area contributed by atoms with Crippen LogP contribution in [0.3, 0.4) is 0 Å². The number of aryl methyl sites for hydroxylation is 1. The molecule has 2 fully saturated rings. The molecule has 7 nitrogen and oxygen atoms in total. The van der Waals surface area contributed by atoms with Gasteiger partial charge in [-0.3, -0.25) is 14.5 Å². The van der Waals surface area contributed by atoms with Gasteiger partial charge in [0, 0.05) is 19.8 Å². The molecule has 0 aromatic heterocycles. The van der Waals surface area contributed by atoms with E-state index in [0.717, 1.165) is 41.4 Å². The Morgan fingerprint density at radius 1 is 1.30 bits per heavy atom. The molecule has 0 bridgehead atoms. The molecule has 1 aromatic carbocycles. The first-order chi connectivity index (χ1) is 13.1. The Morgan fingerprint density at radius 2 is 2.11 bits per heavy atom. The van der Waals surface area contributed by atoms with Gasteiger partial charge in [0.1, 0.15) is 12.1 Å². The van der Waals surface area contributed by atoms with Gasteiger partial charge >= 0.3 is 6.03 Å². The molecular weight excluding hydrogens is 346 g/mol. The van der Waals surface area contributed by atoms with E-state index in [4.69, 9.17) is 4.74 Å². The van der Waals surface area contributed by atoms with Crippen molar-refractivity contribution in [1.82, 2.24) is 15.5 Å². The second-order valence-corrected chi connectivity index (χ2v) is 7.61. The Kier molecular flexibility index (Phi) is 4.86. The average Bonchev–Trinajstić information content (AvgIpc) is 3.38. The molecule has 4 amide bonds. The van der Waals surface area contributed by atoms with E-state index in [1.165, 1.54) is 12.8 Å². The van der Waals surface area contributed by atoms with Crippen molar-refractivity contribution in [3.8, 4) is 0 Å². The molecule has 0 radical (unpaired) electrons. The summed E-state index contributed by atoms with van der Waals surface area (Å²) in [5.74, 6) is 0.0664. The molecular formula is C20H25N3O4. The number of rotatable bonds is 8. The molecule has 1 heterocycles. The molecule has 1 aliphatic heterocycles. The molecule has 7 heteroatoms. The number of benzene rings is 1. The number of fused-ring (bicyclic) bond motifs is 2. The minimum Gasteiger partial charge on any atom is -0.381 e. The van der Waals surface area contributed by atoms with Crippen molar-refractivity contribution in [2.24, 2.45) is 5.92 Å². The third-order valence-electron chi connectivity index (χ3n) is 5.56. The summed E-state index contributed by atoms with van der Waals surface area (Å²) in [5.41, 5.74) is 0.910. The van der Waals surface area contributed by atoms with Gasteiger partial charge in [-0.25, -0.2) is 4.79 Å². The molecule has 1 unspecified atom stereocenters. The zero-order valence-electron chi connectivity index (χ0n) is 15.3. The number of hydrogen-bond acceptors (Lipinski definition) is 4. The van der Waals surface area contributed by atoms with Crippen molar-refractivity contribution in [2.75, 3.05) is 26.3 Å². The quantitative estimate of drug-likeness (QED) is 0.533. The van der Waals surface area contributed by atoms with Gasteiger partial charge in [-0.2, -0.15) is 0 Å². The number of urea groups is 1. The lowest BCUT2D eigenvalue weighted by molar-refractivity contribution is -0.135. The van der Waals surface area contributed by atoms with Crippen LogP contribution in [0.15, 0.2) is 24.3 Å². The lowest BCUT2D eigenvalue weighted by Crippen LogP contribution is -2.44. The van der Waals surface area contributed by atoms with Gasteiger partial charge in [-0.15, -0.1) is 0 Å². The Morgan fingerprint density at radius 3 is 2.93 bits per heavy atom. The molecule has 1 spiro atoms. The first kappa shape index (κ1) is 18.0. The molecule has 1 saturated heterocycles. The lowest BCUT2D eigenvalue weighted by Gasteiger charge is -2.22. The first-order valence-corrected chi connectivity index (χ1v) is 9.67. The van der Waals surface area contributed by atoms with Gasteiger partial charge in [0.25, 0.3) is 5.91 Å². The van der Waals surface area contributed by atoms with E-state index in [1.807, 2.05) is 24.3 Å². The molecule has 1 saturated carbocycles. The van der Waals surface area contributed by atoms with Crippen LogP contribution in [0.25, 0.3) is 0 Å². The fourth-order valence-electron chi connectivity index (χ4n) is 3.87. The number of amides is 4. The van der Waals surface area contributed by atoms with E-state index in [2.05, 4.69) is 10.6 Å². The average molecular weight is 371 g/mol. The van der Waals surface area contributed by atoms with Crippen LogP contribution in [0.5, 0.6) is 0 Å². The summed E-state index contributed by atoms with van der Waals surface area (Å²) < 4.78 is 5.52. The SMILES string of the molecule is O=C(CN1C(=O)NC2(CCc3ccccc32)C1=O)NCCCOCC1CC1. The van der Waals surface area contributed by atoms with Crippen molar-refractivity contribution in [1.29, 1.82) is 0 Å². The smallest absolute Gasteiger partial charge is 0.325 e. The van der Waals surface area contributed by atoms with E-state index in [1.54, 1.807) is 0 Å². The number of hydrogen-bond donors (Lipinski definition) is 2. The van der Waals surface area contributed by atoms with Crippen molar-refractivity contribution in [3.63, 3.8) is 0 Å². The van der Waals surface area contributed by atoms with Gasteiger partial charge in [-0.05, 0) is 49.1 Å². The van der Waals surface area contributed by atoms with E-state index in [-0.39, 0.29) is 18.4 Å². The van der Waals surface area contributed by atoms with Crippen LogP contribution in [0, 0.1) is 5.92 Å². The maximum Gasteiger partial charge on any atom is 0.325 e. The normalized spacial score (nSPS) is 23.6. The summed E-state index contributed by atoms with van der Waals surface area (Å²) in [6.45, 7) is 1.64. The molecule has 4 rings (SSSR count). The lowest BCUT2D eigenvalue weighted by atomic mass is 9.92. The summed E-state index contributed by atoms with van der Waals surface area (Å²) in [7, 11) is 0. The molecule has 1 atom stereocenters. The fourth-order valence-corrected chi connectivity index (χ4v) is 3.87. The maximum atomic E-state index is 13.0. The van der Waals surface area contributed by atoms with Gasteiger partial charge in [0.2, 0.25) is 5.91 Å². The van der Waals surface area contributed by atoms with Gasteiger partial charge in [-0.1, -0.05) is 24.3 Å². The number of ether oxygens (including phenoxy) is 1. The van der Waals surface area contributed by atoms with E-state index in [9.17, 15) is 14.4 Å². The highest BCUT2D eigenvalue weighted by Crippen LogP contribution is 2.41. The zero-order chi connectivity index (χ0) is 18.9. The van der Waals surface area contributed by atoms with Crippen LogP contribution in [-0.4, -0.2) is 49.0 Å². The first-order valence-electron chi connectivity index (χ1n) is 9.67. The predicted molar refractivity (Wildman–Crippen MR) is 97.9 cm³/mol. The largest absolute Gasteiger partial charge is 0.381 e. The van der Waals surface area contributed by atoms with Crippen molar-refractivity contribution < 1.29 is 19.1 Å². The summed E-state index contributed by atoms with van der Waals surface area (Å²) in [6, 6.07) is 7.15. The Hall–Kier alpha value is -2.41. The highest BCUT2D eigenvalue weighted by Gasteiger charge is 2.55. The van der Waals surface area contributed by atoms with Crippen LogP contribution < -0.4 is 10.6 Å². The van der Waals surface area contributed by atoms with Crippen molar-refractivity contribution in [2.45, 2.75) is 37.6 Å². The van der Waals surface area contributed by atoms with Crippen molar-refractivity contribution >= 4 is 17.8 Å². The summed E-state index contributed by atoms with van der Waals surface area (Å²) in [5, 5.41) is 5.59. The van der Waals surface area contributed by atoms with Gasteiger partial charge in [0.05, 0.1) is 0 Å². The van der Waals surface area contributed by atoms with Crippen molar-refractivity contribution in [3.05, 3.63) is 35.4 Å². The second-order valence-electron chi connectivity index (χ2n) is 7.61. The van der Waals surface area contributed by atoms with E-state index in [0.29, 0.717) is 19.6 Å². The zero-order valence-corrected chi connectivity index (χ0v) is 15.3. The topological polar surface area (TPSA) is 87.7 Å². The third-order valence-corrected chi connectivity index (χ3v) is 5.56.